The monoisotopic (exact) mass is 361 g/mol. The predicted octanol–water partition coefficient (Wildman–Crippen LogP) is 2.30. The average molecular weight is 361 g/mol. The van der Waals surface area contributed by atoms with Gasteiger partial charge in [-0.1, -0.05) is 36.4 Å². The van der Waals surface area contributed by atoms with Crippen molar-refractivity contribution in [3.05, 3.63) is 48.6 Å². The van der Waals surface area contributed by atoms with Crippen molar-refractivity contribution in [3.63, 3.8) is 0 Å². The summed E-state index contributed by atoms with van der Waals surface area (Å²) in [4.78, 5) is 37.5. The Morgan fingerprint density at radius 3 is 2.54 bits per heavy atom. The number of hydrogen-bond acceptors (Lipinski definition) is 6. The van der Waals surface area contributed by atoms with Gasteiger partial charge in [0.1, 0.15) is 18.8 Å². The molecule has 0 N–H and O–H groups in total. The van der Waals surface area contributed by atoms with Gasteiger partial charge < -0.3 is 14.2 Å². The molecule has 0 spiro atoms. The van der Waals surface area contributed by atoms with Crippen LogP contribution in [-0.2, 0) is 30.4 Å². The minimum atomic E-state index is -0.898. The maximum atomic E-state index is 12.6. The van der Waals surface area contributed by atoms with Gasteiger partial charge in [0.25, 0.3) is 0 Å². The lowest BCUT2D eigenvalue weighted by molar-refractivity contribution is -0.151. The third-order valence-corrected chi connectivity index (χ3v) is 4.23. The summed E-state index contributed by atoms with van der Waals surface area (Å²) in [5.41, 5.74) is 0.828. The molecule has 0 unspecified atom stereocenters. The molecule has 26 heavy (non-hydrogen) atoms. The van der Waals surface area contributed by atoms with E-state index in [4.69, 9.17) is 14.2 Å². The highest BCUT2D eigenvalue weighted by Gasteiger charge is 2.50. The van der Waals surface area contributed by atoms with Crippen LogP contribution in [0.5, 0.6) is 0 Å². The molecular formula is C19H23NO6. The van der Waals surface area contributed by atoms with Crippen LogP contribution in [0.4, 0.5) is 4.79 Å². The van der Waals surface area contributed by atoms with Crippen LogP contribution in [0.25, 0.3) is 0 Å². The van der Waals surface area contributed by atoms with E-state index in [-0.39, 0.29) is 13.2 Å². The summed E-state index contributed by atoms with van der Waals surface area (Å²) < 4.78 is 15.5. The lowest BCUT2D eigenvalue weighted by atomic mass is 9.94. The number of carbonyl (C=O) groups is 3. The number of amides is 1. The molecule has 0 radical (unpaired) electrons. The SMILES string of the molecule is C=CC[C@H]1[C@@H](OC(C)=O)CN(C(=O)OCc2ccccc2)[C@@H]1C(=O)OC. The third-order valence-electron chi connectivity index (χ3n) is 4.23. The average Bonchev–Trinajstić information content (AvgIpc) is 2.98. The van der Waals surface area contributed by atoms with Crippen LogP contribution in [0.2, 0.25) is 0 Å². The van der Waals surface area contributed by atoms with Crippen LogP contribution in [0, 0.1) is 5.92 Å². The fourth-order valence-electron chi connectivity index (χ4n) is 3.10. The predicted molar refractivity (Wildman–Crippen MR) is 93.0 cm³/mol. The maximum absolute atomic E-state index is 12.6. The number of ether oxygens (including phenoxy) is 3. The number of allylic oxidation sites excluding steroid dienone is 1. The number of carbonyl (C=O) groups excluding carboxylic acids is 3. The first-order valence-corrected chi connectivity index (χ1v) is 8.31. The summed E-state index contributed by atoms with van der Waals surface area (Å²) in [6.07, 6.45) is 0.725. The van der Waals surface area contributed by atoms with Crippen LogP contribution < -0.4 is 0 Å². The zero-order chi connectivity index (χ0) is 19.1. The van der Waals surface area contributed by atoms with Gasteiger partial charge in [-0.25, -0.2) is 9.59 Å². The Hall–Kier alpha value is -2.83. The van der Waals surface area contributed by atoms with Crippen molar-refractivity contribution in [1.82, 2.24) is 4.90 Å². The van der Waals surface area contributed by atoms with Crippen LogP contribution in [0.1, 0.15) is 18.9 Å². The number of rotatable bonds is 6. The van der Waals surface area contributed by atoms with Crippen molar-refractivity contribution < 1.29 is 28.6 Å². The van der Waals surface area contributed by atoms with Crippen LogP contribution in [-0.4, -0.2) is 48.7 Å². The van der Waals surface area contributed by atoms with Crippen LogP contribution >= 0.6 is 0 Å². The standard InChI is InChI=1S/C19H23NO6/c1-4-8-15-16(26-13(2)21)11-20(17(15)18(22)24-3)19(23)25-12-14-9-6-5-7-10-14/h4-7,9-10,15-17H,1,8,11-12H2,2-3H3/t15-,16-,17-/m0/s1. The first-order chi connectivity index (χ1) is 12.5. The number of nitrogens with zero attached hydrogens (tertiary/aromatic N) is 1. The lowest BCUT2D eigenvalue weighted by Crippen LogP contribution is -2.44. The Kier molecular flexibility index (Phi) is 6.77. The molecule has 7 nitrogen and oxygen atoms in total. The molecule has 3 atom stereocenters. The van der Waals surface area contributed by atoms with Gasteiger partial charge >= 0.3 is 18.0 Å². The molecule has 1 fully saturated rings. The highest BCUT2D eigenvalue weighted by atomic mass is 16.6. The summed E-state index contributed by atoms with van der Waals surface area (Å²) >= 11 is 0. The minimum absolute atomic E-state index is 0.0610. The second-order valence-electron chi connectivity index (χ2n) is 6.00. The second kappa shape index (κ2) is 9.03. The number of likely N-dealkylation sites (tertiary alicyclic amines) is 1. The Morgan fingerprint density at radius 2 is 1.96 bits per heavy atom. The molecule has 1 heterocycles. The highest BCUT2D eigenvalue weighted by Crippen LogP contribution is 2.32. The van der Waals surface area contributed by atoms with E-state index >= 15 is 0 Å². The van der Waals surface area contributed by atoms with E-state index in [1.807, 2.05) is 30.3 Å². The maximum Gasteiger partial charge on any atom is 0.410 e. The van der Waals surface area contributed by atoms with Gasteiger partial charge in [0, 0.05) is 12.8 Å². The molecule has 0 saturated carbocycles. The van der Waals surface area contributed by atoms with E-state index < -0.39 is 36.1 Å². The largest absolute Gasteiger partial charge is 0.467 e. The molecule has 2 rings (SSSR count). The van der Waals surface area contributed by atoms with Gasteiger partial charge in [0.05, 0.1) is 13.7 Å². The summed E-state index contributed by atoms with van der Waals surface area (Å²) in [6.45, 7) is 5.10. The number of methoxy groups -OCH3 is 1. The highest BCUT2D eigenvalue weighted by molar-refractivity contribution is 5.83. The molecule has 1 saturated heterocycles. The third kappa shape index (κ3) is 4.62. The second-order valence-corrected chi connectivity index (χ2v) is 6.00. The molecule has 140 valence electrons. The number of benzene rings is 1. The molecule has 0 aromatic heterocycles. The molecular weight excluding hydrogens is 338 g/mol. The van der Waals surface area contributed by atoms with Gasteiger partial charge in [-0.05, 0) is 12.0 Å². The Morgan fingerprint density at radius 1 is 1.27 bits per heavy atom. The topological polar surface area (TPSA) is 82.1 Å². The van der Waals surface area contributed by atoms with E-state index in [9.17, 15) is 14.4 Å². The summed E-state index contributed by atoms with van der Waals surface area (Å²) in [6, 6.07) is 8.31. The zero-order valence-electron chi connectivity index (χ0n) is 14.9. The van der Waals surface area contributed by atoms with Gasteiger partial charge in [0.15, 0.2) is 0 Å². The van der Waals surface area contributed by atoms with Gasteiger partial charge in [-0.15, -0.1) is 6.58 Å². The summed E-state index contributed by atoms with van der Waals surface area (Å²) in [5.74, 6) is -1.50. The van der Waals surface area contributed by atoms with Gasteiger partial charge in [-0.3, -0.25) is 9.69 Å². The molecule has 1 amide bonds. The molecule has 7 heteroatoms. The first-order valence-electron chi connectivity index (χ1n) is 8.31. The minimum Gasteiger partial charge on any atom is -0.467 e. The Balaban J connectivity index is 2.16. The molecule has 0 aliphatic carbocycles. The first kappa shape index (κ1) is 19.5. The van der Waals surface area contributed by atoms with Crippen molar-refractivity contribution >= 4 is 18.0 Å². The van der Waals surface area contributed by atoms with Crippen molar-refractivity contribution in [2.75, 3.05) is 13.7 Å². The molecule has 1 aromatic carbocycles. The van der Waals surface area contributed by atoms with Gasteiger partial charge in [-0.2, -0.15) is 0 Å². The zero-order valence-corrected chi connectivity index (χ0v) is 14.9. The normalized spacial score (nSPS) is 21.8. The van der Waals surface area contributed by atoms with Crippen molar-refractivity contribution in [2.24, 2.45) is 5.92 Å². The van der Waals surface area contributed by atoms with Crippen molar-refractivity contribution in [1.29, 1.82) is 0 Å². The van der Waals surface area contributed by atoms with E-state index in [0.717, 1.165) is 5.56 Å². The fraction of sp³-hybridized carbons (Fsp3) is 0.421. The van der Waals surface area contributed by atoms with E-state index in [1.54, 1.807) is 6.08 Å². The summed E-state index contributed by atoms with van der Waals surface area (Å²) in [7, 11) is 1.25. The Bertz CT molecular complexity index is 659. The molecule has 0 bridgehead atoms. The van der Waals surface area contributed by atoms with E-state index in [2.05, 4.69) is 6.58 Å². The molecule has 1 aliphatic heterocycles. The smallest absolute Gasteiger partial charge is 0.410 e. The fourth-order valence-corrected chi connectivity index (χ4v) is 3.10. The molecule has 1 aliphatic rings. The van der Waals surface area contributed by atoms with E-state index in [0.29, 0.717) is 6.42 Å². The van der Waals surface area contributed by atoms with E-state index in [1.165, 1.54) is 18.9 Å². The van der Waals surface area contributed by atoms with Gasteiger partial charge in [0.2, 0.25) is 0 Å². The lowest BCUT2D eigenvalue weighted by Gasteiger charge is -2.24. The number of esters is 2. The molecule has 1 aromatic rings. The number of hydrogen-bond donors (Lipinski definition) is 0. The van der Waals surface area contributed by atoms with Crippen molar-refractivity contribution in [2.45, 2.75) is 32.1 Å². The van der Waals surface area contributed by atoms with Crippen LogP contribution in [0.15, 0.2) is 43.0 Å². The van der Waals surface area contributed by atoms with Crippen molar-refractivity contribution in [3.8, 4) is 0 Å². The van der Waals surface area contributed by atoms with Crippen LogP contribution in [0.3, 0.4) is 0 Å². The Labute approximate surface area is 152 Å². The summed E-state index contributed by atoms with van der Waals surface area (Å²) in [5, 5.41) is 0. The quantitative estimate of drug-likeness (QED) is 0.439.